The molecule has 0 spiro atoms. The maximum Gasteiger partial charge on any atom is 0.297 e. The monoisotopic (exact) mass is 362 g/mol. The Kier molecular flexibility index (Phi) is 5.59. The second-order valence-electron chi connectivity index (χ2n) is 5.95. The number of carbonyl (C=O) groups excluding carboxylic acids is 1. The molecule has 1 atom stereocenters. The molecule has 1 amide bonds. The first kappa shape index (κ1) is 18.3. The van der Waals surface area contributed by atoms with Gasteiger partial charge in [-0.2, -0.15) is 5.26 Å². The van der Waals surface area contributed by atoms with Crippen LogP contribution in [-0.2, 0) is 11.3 Å². The molecule has 0 saturated heterocycles. The maximum absolute atomic E-state index is 12.1. The maximum atomic E-state index is 12.1. The number of nitrogens with zero attached hydrogens (tertiary/aromatic N) is 4. The van der Waals surface area contributed by atoms with Gasteiger partial charge in [-0.05, 0) is 18.1 Å². The van der Waals surface area contributed by atoms with Crippen molar-refractivity contribution in [3.63, 3.8) is 0 Å². The Balaban J connectivity index is 1.90. The molecule has 2 N–H and O–H groups in total. The summed E-state index contributed by atoms with van der Waals surface area (Å²) in [5.41, 5.74) is 1.32. The van der Waals surface area contributed by atoms with Crippen LogP contribution in [0.1, 0.15) is 24.5 Å². The number of carbonyl (C=O) groups is 1. The van der Waals surface area contributed by atoms with E-state index in [9.17, 15) is 15.0 Å². The molecule has 3 aromatic rings. The molecular weight excluding hydrogens is 344 g/mol. The van der Waals surface area contributed by atoms with Crippen molar-refractivity contribution in [3.05, 3.63) is 60.2 Å². The Morgan fingerprint density at radius 1 is 1.15 bits per heavy atom. The van der Waals surface area contributed by atoms with Gasteiger partial charge in [-0.25, -0.2) is 0 Å². The highest BCUT2D eigenvalue weighted by molar-refractivity contribution is 5.95. The molecule has 0 radical (unpaired) electrons. The molecule has 1 unspecified atom stereocenters. The average Bonchev–Trinajstić information content (AvgIpc) is 2.97. The molecule has 0 bridgehead atoms. The number of hydrogen-bond donors (Lipinski definition) is 2. The number of para-hydroxylation sites is 1. The lowest BCUT2D eigenvalue weighted by molar-refractivity contribution is -0.126. The predicted molar refractivity (Wildman–Crippen MR) is 99.4 cm³/mol. The second kappa shape index (κ2) is 8.25. The number of unbranched alkanes of at least 4 members (excludes halogenated alkanes) is 1. The number of aliphatic hydroxyl groups is 1. The van der Waals surface area contributed by atoms with Gasteiger partial charge in [0, 0.05) is 18.4 Å². The minimum Gasteiger partial charge on any atom is -0.493 e. The Hall–Kier alpha value is -3.50. The summed E-state index contributed by atoms with van der Waals surface area (Å²) in [6.45, 7) is 0.440. The number of aromatic hydroxyl groups is 1. The number of benzene rings is 2. The van der Waals surface area contributed by atoms with Crippen molar-refractivity contribution in [3.8, 4) is 11.9 Å². The van der Waals surface area contributed by atoms with Crippen LogP contribution in [0.25, 0.3) is 10.9 Å². The van der Waals surface area contributed by atoms with Crippen LogP contribution in [0.2, 0.25) is 0 Å². The number of aryl methyl sites for hydroxylation is 1. The fourth-order valence-electron chi connectivity index (χ4n) is 2.84. The van der Waals surface area contributed by atoms with Crippen LogP contribution in [0.4, 0.5) is 5.69 Å². The number of aromatic nitrogens is 1. The molecule has 27 heavy (non-hydrogen) atoms. The third kappa shape index (κ3) is 3.86. The summed E-state index contributed by atoms with van der Waals surface area (Å²) in [7, 11) is 0. The first-order chi connectivity index (χ1) is 13.1. The van der Waals surface area contributed by atoms with E-state index in [4.69, 9.17) is 5.26 Å². The van der Waals surface area contributed by atoms with Crippen molar-refractivity contribution < 1.29 is 15.0 Å². The fraction of sp³-hybridized carbons (Fsp3) is 0.200. The zero-order chi connectivity index (χ0) is 19.2. The highest BCUT2D eigenvalue weighted by atomic mass is 16.3. The van der Waals surface area contributed by atoms with Crippen molar-refractivity contribution in [2.24, 2.45) is 10.2 Å². The number of nitriles is 1. The van der Waals surface area contributed by atoms with Crippen LogP contribution in [-0.4, -0.2) is 20.7 Å². The van der Waals surface area contributed by atoms with E-state index < -0.39 is 12.0 Å². The number of aliphatic hydroxyl groups excluding tert-OH is 1. The Morgan fingerprint density at radius 2 is 1.85 bits per heavy atom. The van der Waals surface area contributed by atoms with Crippen molar-refractivity contribution in [1.29, 1.82) is 5.26 Å². The highest BCUT2D eigenvalue weighted by Gasteiger charge is 2.19. The van der Waals surface area contributed by atoms with E-state index in [0.717, 1.165) is 5.52 Å². The molecular formula is C20H18N4O3. The first-order valence-electron chi connectivity index (χ1n) is 8.49. The van der Waals surface area contributed by atoms with Gasteiger partial charge in [-0.1, -0.05) is 48.5 Å². The third-order valence-corrected chi connectivity index (χ3v) is 4.19. The van der Waals surface area contributed by atoms with Gasteiger partial charge in [0.1, 0.15) is 0 Å². The number of amides is 1. The van der Waals surface area contributed by atoms with E-state index in [0.29, 0.717) is 30.3 Å². The average molecular weight is 362 g/mol. The molecule has 0 saturated carbocycles. The summed E-state index contributed by atoms with van der Waals surface area (Å²) in [6, 6.07) is 17.7. The summed E-state index contributed by atoms with van der Waals surface area (Å²) < 4.78 is 1.64. The lowest BCUT2D eigenvalue weighted by Crippen LogP contribution is -2.08. The lowest BCUT2D eigenvalue weighted by atomic mass is 10.1. The second-order valence-corrected chi connectivity index (χ2v) is 5.95. The lowest BCUT2D eigenvalue weighted by Gasteiger charge is -2.05. The molecule has 3 rings (SSSR count). The number of fused-ring (bicyclic) bond motifs is 1. The van der Waals surface area contributed by atoms with Crippen molar-refractivity contribution in [2.75, 3.05) is 0 Å². The molecule has 7 heteroatoms. The summed E-state index contributed by atoms with van der Waals surface area (Å²) in [4.78, 5) is 12.1. The summed E-state index contributed by atoms with van der Waals surface area (Å²) in [6.07, 6.45) is -0.476. The van der Waals surface area contributed by atoms with Gasteiger partial charge in [0.05, 0.1) is 11.6 Å². The minimum atomic E-state index is -1.42. The Morgan fingerprint density at radius 3 is 2.59 bits per heavy atom. The Bertz CT molecular complexity index is 1020. The molecule has 0 fully saturated rings. The van der Waals surface area contributed by atoms with Gasteiger partial charge in [0.25, 0.3) is 5.91 Å². The van der Waals surface area contributed by atoms with E-state index in [1.165, 1.54) is 0 Å². The normalized spacial score (nSPS) is 12.3. The van der Waals surface area contributed by atoms with Crippen LogP contribution in [0.3, 0.4) is 0 Å². The molecule has 136 valence electrons. The van der Waals surface area contributed by atoms with Gasteiger partial charge >= 0.3 is 0 Å². The van der Waals surface area contributed by atoms with Crippen LogP contribution in [0, 0.1) is 11.3 Å². The standard InChI is InChI=1S/C20H18N4O3/c21-12-6-7-13-24-16-11-5-4-10-15(16)17(20(24)27)22-23-19(26)18(25)14-8-2-1-3-9-14/h1-5,8-11,18,25,27H,6-7,13H2. The van der Waals surface area contributed by atoms with Gasteiger partial charge in [0.15, 0.2) is 11.8 Å². The first-order valence-corrected chi connectivity index (χ1v) is 8.49. The molecule has 0 aliphatic carbocycles. The molecule has 2 aromatic carbocycles. The summed E-state index contributed by atoms with van der Waals surface area (Å²) in [5.74, 6) is -0.943. The number of rotatable bonds is 6. The number of azo groups is 1. The van der Waals surface area contributed by atoms with Gasteiger partial charge in [-0.3, -0.25) is 4.79 Å². The van der Waals surface area contributed by atoms with Gasteiger partial charge < -0.3 is 14.8 Å². The van der Waals surface area contributed by atoms with Crippen LogP contribution in [0.5, 0.6) is 5.88 Å². The number of hydrogen-bond acceptors (Lipinski definition) is 5. The van der Waals surface area contributed by atoms with Crippen molar-refractivity contribution in [1.82, 2.24) is 4.57 Å². The summed E-state index contributed by atoms with van der Waals surface area (Å²) >= 11 is 0. The van der Waals surface area contributed by atoms with E-state index in [1.807, 2.05) is 12.1 Å². The Labute approximate surface area is 155 Å². The van der Waals surface area contributed by atoms with Crippen LogP contribution < -0.4 is 0 Å². The van der Waals surface area contributed by atoms with Crippen LogP contribution in [0.15, 0.2) is 64.8 Å². The van der Waals surface area contributed by atoms with E-state index in [-0.39, 0.29) is 11.6 Å². The molecule has 0 aliphatic rings. The fourth-order valence-corrected chi connectivity index (χ4v) is 2.84. The zero-order valence-corrected chi connectivity index (χ0v) is 14.5. The molecule has 1 heterocycles. The van der Waals surface area contributed by atoms with E-state index >= 15 is 0 Å². The molecule has 0 aliphatic heterocycles. The molecule has 1 aromatic heterocycles. The predicted octanol–water partition coefficient (Wildman–Crippen LogP) is 3.99. The van der Waals surface area contributed by atoms with Crippen molar-refractivity contribution >= 4 is 22.5 Å². The minimum absolute atomic E-state index is 0.125. The van der Waals surface area contributed by atoms with Crippen LogP contribution >= 0.6 is 0 Å². The quantitative estimate of drug-likeness (QED) is 0.510. The third-order valence-electron chi connectivity index (χ3n) is 4.19. The largest absolute Gasteiger partial charge is 0.493 e. The highest BCUT2D eigenvalue weighted by Crippen LogP contribution is 2.39. The van der Waals surface area contributed by atoms with E-state index in [2.05, 4.69) is 16.3 Å². The SMILES string of the molecule is N#CCCCn1c(O)c(N=NC(=O)C(O)c2ccccc2)c2ccccc21. The smallest absolute Gasteiger partial charge is 0.297 e. The molecule has 7 nitrogen and oxygen atoms in total. The van der Waals surface area contributed by atoms with Gasteiger partial charge in [-0.15, -0.1) is 10.2 Å². The topological polar surface area (TPSA) is 111 Å². The van der Waals surface area contributed by atoms with Crippen molar-refractivity contribution in [2.45, 2.75) is 25.5 Å². The summed E-state index contributed by atoms with van der Waals surface area (Å²) in [5, 5.41) is 37.5. The zero-order valence-electron chi connectivity index (χ0n) is 14.5. The van der Waals surface area contributed by atoms with E-state index in [1.54, 1.807) is 47.0 Å². The van der Waals surface area contributed by atoms with Gasteiger partial charge in [0.2, 0.25) is 5.88 Å².